The number of H-pyrrole nitrogens is 1. The monoisotopic (exact) mass is 530 g/mol. The lowest BCUT2D eigenvalue weighted by molar-refractivity contribution is -0.135. The third-order valence-corrected chi connectivity index (χ3v) is 7.68. The summed E-state index contributed by atoms with van der Waals surface area (Å²) in [6.45, 7) is 0.510. The number of benzene rings is 2. The highest BCUT2D eigenvalue weighted by Crippen LogP contribution is 2.24. The van der Waals surface area contributed by atoms with Crippen LogP contribution in [0.4, 0.5) is 0 Å². The van der Waals surface area contributed by atoms with E-state index in [4.69, 9.17) is 4.74 Å². The zero-order chi connectivity index (χ0) is 26.5. The minimum atomic E-state index is -4.13. The number of amides is 1. The number of nitrogens with one attached hydrogen (secondary N) is 2. The Bertz CT molecular complexity index is 1610. The smallest absolute Gasteiger partial charge is 0.248 e. The van der Waals surface area contributed by atoms with Crippen molar-refractivity contribution in [1.29, 1.82) is 0 Å². The number of aromatic amines is 1. The fourth-order valence-corrected chi connectivity index (χ4v) is 5.56. The molecule has 0 bridgehead atoms. The summed E-state index contributed by atoms with van der Waals surface area (Å²) in [5.41, 5.74) is 1.55. The van der Waals surface area contributed by atoms with Crippen LogP contribution in [0, 0.1) is 0 Å². The third kappa shape index (κ3) is 5.82. The van der Waals surface area contributed by atoms with Crippen LogP contribution in [0.15, 0.2) is 107 Å². The molecule has 0 spiro atoms. The lowest BCUT2D eigenvalue weighted by Gasteiger charge is -2.30. The Hall–Kier alpha value is -4.28. The van der Waals surface area contributed by atoms with Gasteiger partial charge in [0, 0.05) is 36.9 Å². The lowest BCUT2D eigenvalue weighted by Crippen LogP contribution is -2.45. The van der Waals surface area contributed by atoms with Gasteiger partial charge in [-0.25, -0.2) is 8.42 Å². The fraction of sp³-hybridized carbons (Fsp3) is 0.179. The predicted octanol–water partition coefficient (Wildman–Crippen LogP) is 3.27. The van der Waals surface area contributed by atoms with Gasteiger partial charge in [0.1, 0.15) is 12.1 Å². The van der Waals surface area contributed by atoms with E-state index in [-0.39, 0.29) is 29.6 Å². The van der Waals surface area contributed by atoms with Gasteiger partial charge in [0.2, 0.25) is 21.5 Å². The summed E-state index contributed by atoms with van der Waals surface area (Å²) >= 11 is 0. The molecule has 4 aromatic rings. The maximum atomic E-state index is 14.1. The summed E-state index contributed by atoms with van der Waals surface area (Å²) in [6, 6.07) is 18.5. The normalized spacial score (nSPS) is 15.7. The van der Waals surface area contributed by atoms with E-state index in [2.05, 4.69) is 14.7 Å². The van der Waals surface area contributed by atoms with Crippen molar-refractivity contribution in [3.05, 3.63) is 119 Å². The number of fused-ring (bicyclic) bond motifs is 1. The Labute approximate surface area is 219 Å². The Morgan fingerprint density at radius 1 is 1.11 bits per heavy atom. The van der Waals surface area contributed by atoms with Crippen LogP contribution in [0.3, 0.4) is 0 Å². The topological polar surface area (TPSA) is 121 Å². The van der Waals surface area contributed by atoms with Gasteiger partial charge in [-0.15, -0.1) is 0 Å². The van der Waals surface area contributed by atoms with E-state index < -0.39 is 22.0 Å². The van der Waals surface area contributed by atoms with Crippen LogP contribution in [-0.2, 0) is 26.1 Å². The SMILES string of the molecule is O=C(C(NS(=O)(=O)c1ccc2[nH]c(=O)ccc2c1)c1ccccc1)N(Cc1cccnc1)CC1CC=CO1. The summed E-state index contributed by atoms with van der Waals surface area (Å²) < 4.78 is 35.4. The molecule has 2 aromatic carbocycles. The summed E-state index contributed by atoms with van der Waals surface area (Å²) in [5, 5.41) is 0.555. The van der Waals surface area contributed by atoms with E-state index in [1.165, 1.54) is 24.3 Å². The number of sulfonamides is 1. The molecule has 0 radical (unpaired) electrons. The number of carbonyl (C=O) groups excluding carboxylic acids is 1. The Balaban J connectivity index is 1.48. The molecule has 0 saturated heterocycles. The number of aromatic nitrogens is 2. The third-order valence-electron chi connectivity index (χ3n) is 6.26. The number of hydrogen-bond acceptors (Lipinski definition) is 6. The van der Waals surface area contributed by atoms with Gasteiger partial charge < -0.3 is 14.6 Å². The van der Waals surface area contributed by atoms with Gasteiger partial charge in [0.05, 0.1) is 17.7 Å². The average Bonchev–Trinajstić information content (AvgIpc) is 3.45. The molecule has 194 valence electrons. The van der Waals surface area contributed by atoms with Crippen molar-refractivity contribution in [2.24, 2.45) is 0 Å². The van der Waals surface area contributed by atoms with Gasteiger partial charge in [0.15, 0.2) is 0 Å². The highest BCUT2D eigenvalue weighted by atomic mass is 32.2. The van der Waals surface area contributed by atoms with Gasteiger partial charge in [-0.3, -0.25) is 14.6 Å². The molecule has 38 heavy (non-hydrogen) atoms. The predicted molar refractivity (Wildman–Crippen MR) is 142 cm³/mol. The molecule has 1 aliphatic rings. The Kier molecular flexibility index (Phi) is 7.34. The quantitative estimate of drug-likeness (QED) is 0.343. The van der Waals surface area contributed by atoms with Gasteiger partial charge in [0.25, 0.3) is 0 Å². The van der Waals surface area contributed by atoms with E-state index >= 15 is 0 Å². The summed E-state index contributed by atoms with van der Waals surface area (Å²) in [4.78, 5) is 34.1. The molecule has 10 heteroatoms. The molecule has 1 amide bonds. The van der Waals surface area contributed by atoms with Crippen LogP contribution in [0.25, 0.3) is 10.9 Å². The maximum absolute atomic E-state index is 14.1. The van der Waals surface area contributed by atoms with Crippen LogP contribution in [-0.4, -0.2) is 41.8 Å². The highest BCUT2D eigenvalue weighted by Gasteiger charge is 2.32. The van der Waals surface area contributed by atoms with Crippen molar-refractivity contribution in [3.8, 4) is 0 Å². The molecule has 2 aromatic heterocycles. The second-order valence-electron chi connectivity index (χ2n) is 8.98. The first-order chi connectivity index (χ1) is 18.4. The van der Waals surface area contributed by atoms with Gasteiger partial charge >= 0.3 is 0 Å². The Morgan fingerprint density at radius 2 is 1.95 bits per heavy atom. The molecule has 0 fully saturated rings. The largest absolute Gasteiger partial charge is 0.496 e. The molecule has 0 aliphatic carbocycles. The van der Waals surface area contributed by atoms with E-state index in [0.29, 0.717) is 22.9 Å². The van der Waals surface area contributed by atoms with Crippen LogP contribution in [0.2, 0.25) is 0 Å². The van der Waals surface area contributed by atoms with Crippen molar-refractivity contribution in [2.45, 2.75) is 30.0 Å². The van der Waals surface area contributed by atoms with Crippen molar-refractivity contribution < 1.29 is 17.9 Å². The van der Waals surface area contributed by atoms with Crippen molar-refractivity contribution in [3.63, 3.8) is 0 Å². The number of ether oxygens (including phenoxy) is 1. The second-order valence-corrected chi connectivity index (χ2v) is 10.7. The van der Waals surface area contributed by atoms with Crippen LogP contribution in [0.5, 0.6) is 0 Å². The number of rotatable bonds is 9. The van der Waals surface area contributed by atoms with E-state index in [0.717, 1.165) is 5.56 Å². The van der Waals surface area contributed by atoms with Crippen molar-refractivity contribution in [1.82, 2.24) is 19.6 Å². The zero-order valence-corrected chi connectivity index (χ0v) is 21.2. The molecular weight excluding hydrogens is 504 g/mol. The summed E-state index contributed by atoms with van der Waals surface area (Å²) in [6.07, 6.45) is 7.25. The molecule has 5 rings (SSSR count). The summed E-state index contributed by atoms with van der Waals surface area (Å²) in [5.74, 6) is -0.413. The lowest BCUT2D eigenvalue weighted by atomic mass is 10.1. The minimum absolute atomic E-state index is 0.0204. The zero-order valence-electron chi connectivity index (χ0n) is 20.4. The molecule has 0 saturated carbocycles. The first kappa shape index (κ1) is 25.4. The number of nitrogens with zero attached hydrogens (tertiary/aromatic N) is 2. The van der Waals surface area contributed by atoms with Crippen molar-refractivity contribution in [2.75, 3.05) is 6.54 Å². The second kappa shape index (κ2) is 11.0. The Morgan fingerprint density at radius 3 is 2.68 bits per heavy atom. The number of hydrogen-bond donors (Lipinski definition) is 2. The minimum Gasteiger partial charge on any atom is -0.496 e. The molecule has 9 nitrogen and oxygen atoms in total. The first-order valence-electron chi connectivity index (χ1n) is 12.1. The van der Waals surface area contributed by atoms with Crippen molar-refractivity contribution >= 4 is 26.8 Å². The first-order valence-corrected chi connectivity index (χ1v) is 13.6. The van der Waals surface area contributed by atoms with E-state index in [1.54, 1.807) is 66.0 Å². The standard InChI is InChI=1S/C28H26N4O5S/c33-26-13-10-22-16-24(11-12-25(22)30-26)38(35,36)31-27(21-7-2-1-3-8-21)28(34)32(19-23-9-5-15-37-23)18-20-6-4-14-29-17-20/h1-8,10-17,23,27,31H,9,18-19H2,(H,30,33). The molecule has 2 unspecified atom stereocenters. The van der Waals surface area contributed by atoms with Gasteiger partial charge in [-0.05, 0) is 52.9 Å². The average molecular weight is 531 g/mol. The molecular formula is C28H26N4O5S. The number of pyridine rings is 2. The van der Waals surface area contributed by atoms with Crippen LogP contribution < -0.4 is 10.3 Å². The number of carbonyl (C=O) groups is 1. The van der Waals surface area contributed by atoms with Crippen LogP contribution in [0.1, 0.15) is 23.6 Å². The highest BCUT2D eigenvalue weighted by molar-refractivity contribution is 7.89. The molecule has 1 aliphatic heterocycles. The van der Waals surface area contributed by atoms with E-state index in [1.807, 2.05) is 12.1 Å². The van der Waals surface area contributed by atoms with Crippen LogP contribution >= 0.6 is 0 Å². The fourth-order valence-electron chi connectivity index (χ4n) is 4.35. The van der Waals surface area contributed by atoms with E-state index in [9.17, 15) is 18.0 Å². The molecule has 3 heterocycles. The van der Waals surface area contributed by atoms with Gasteiger partial charge in [-0.2, -0.15) is 4.72 Å². The molecule has 2 atom stereocenters. The maximum Gasteiger partial charge on any atom is 0.248 e. The summed E-state index contributed by atoms with van der Waals surface area (Å²) in [7, 11) is -4.13. The van der Waals surface area contributed by atoms with Gasteiger partial charge in [-0.1, -0.05) is 36.4 Å². The molecule has 2 N–H and O–H groups in total.